The number of carbonyl (C=O) groups is 1. The fourth-order valence-corrected chi connectivity index (χ4v) is 4.21. The van der Waals surface area contributed by atoms with Crippen LogP contribution in [-0.4, -0.2) is 21.9 Å². The van der Waals surface area contributed by atoms with E-state index in [1.807, 2.05) is 41.3 Å². The molecule has 3 heterocycles. The Kier molecular flexibility index (Phi) is 3.60. The molecule has 2 aliphatic rings. The Bertz CT molecular complexity index is 816. The summed E-state index contributed by atoms with van der Waals surface area (Å²) in [6, 6.07) is 13.6. The van der Waals surface area contributed by atoms with Crippen molar-refractivity contribution in [3.63, 3.8) is 0 Å². The van der Waals surface area contributed by atoms with Gasteiger partial charge in [-0.2, -0.15) is 0 Å². The van der Waals surface area contributed by atoms with E-state index in [-0.39, 0.29) is 17.4 Å². The second kappa shape index (κ2) is 5.64. The zero-order chi connectivity index (χ0) is 16.0. The van der Waals surface area contributed by atoms with E-state index in [2.05, 4.69) is 15.9 Å². The van der Waals surface area contributed by atoms with Crippen LogP contribution in [0, 0.1) is 5.92 Å². The van der Waals surface area contributed by atoms with Gasteiger partial charge in [-0.15, -0.1) is 0 Å². The number of fused-ring (bicyclic) bond motifs is 4. The summed E-state index contributed by atoms with van der Waals surface area (Å²) in [5.74, 6) is 0.292. The Morgan fingerprint density at radius 3 is 2.65 bits per heavy atom. The summed E-state index contributed by atoms with van der Waals surface area (Å²) in [7, 11) is 0. The Balaban J connectivity index is 1.68. The highest BCUT2D eigenvalue weighted by molar-refractivity contribution is 9.10. The minimum Gasteiger partial charge on any atom is -0.337 e. The number of hydrogen-bond donors (Lipinski definition) is 0. The van der Waals surface area contributed by atoms with Gasteiger partial charge in [-0.05, 0) is 24.0 Å². The SMILES string of the molecule is O=C1[C@H]2CC(CN1Cc1ccccc1)Cn1c2cc(Br)cc1=O. The molecule has 2 atom stereocenters. The molecule has 4 nitrogen and oxygen atoms in total. The first-order valence-corrected chi connectivity index (χ1v) is 8.64. The van der Waals surface area contributed by atoms with Crippen molar-refractivity contribution in [2.45, 2.75) is 25.4 Å². The van der Waals surface area contributed by atoms with Gasteiger partial charge in [0.2, 0.25) is 5.91 Å². The van der Waals surface area contributed by atoms with E-state index in [1.54, 1.807) is 10.6 Å². The first-order chi connectivity index (χ1) is 11.1. The first kappa shape index (κ1) is 14.7. The van der Waals surface area contributed by atoms with Crippen molar-refractivity contribution in [3.05, 3.63) is 68.5 Å². The molecule has 2 bridgehead atoms. The van der Waals surface area contributed by atoms with Gasteiger partial charge in [0.25, 0.3) is 5.56 Å². The number of carbonyl (C=O) groups excluding carboxylic acids is 1. The van der Waals surface area contributed by atoms with Gasteiger partial charge in [-0.3, -0.25) is 9.59 Å². The molecule has 1 aromatic carbocycles. The van der Waals surface area contributed by atoms with Crippen LogP contribution in [0.1, 0.15) is 23.6 Å². The molecular formula is C18H17BrN2O2. The van der Waals surface area contributed by atoms with Crippen LogP contribution < -0.4 is 5.56 Å². The number of amides is 1. The highest BCUT2D eigenvalue weighted by atomic mass is 79.9. The molecule has 0 aliphatic carbocycles. The molecule has 4 rings (SSSR count). The largest absolute Gasteiger partial charge is 0.337 e. The molecule has 0 N–H and O–H groups in total. The average Bonchev–Trinajstić information content (AvgIpc) is 2.54. The van der Waals surface area contributed by atoms with Crippen LogP contribution >= 0.6 is 15.9 Å². The number of benzene rings is 1. The molecule has 0 spiro atoms. The first-order valence-electron chi connectivity index (χ1n) is 7.85. The summed E-state index contributed by atoms with van der Waals surface area (Å²) < 4.78 is 2.53. The molecule has 23 heavy (non-hydrogen) atoms. The molecule has 0 radical (unpaired) electrons. The van der Waals surface area contributed by atoms with Crippen LogP contribution in [0.15, 0.2) is 51.7 Å². The topological polar surface area (TPSA) is 42.3 Å². The van der Waals surface area contributed by atoms with Crippen molar-refractivity contribution in [1.29, 1.82) is 0 Å². The fraction of sp³-hybridized carbons (Fsp3) is 0.333. The number of aromatic nitrogens is 1. The maximum Gasteiger partial charge on any atom is 0.251 e. The number of rotatable bonds is 2. The second-order valence-corrected chi connectivity index (χ2v) is 7.32. The predicted octanol–water partition coefficient (Wildman–Crippen LogP) is 2.76. The normalized spacial score (nSPS) is 22.8. The van der Waals surface area contributed by atoms with Crippen LogP contribution in [0.5, 0.6) is 0 Å². The fourth-order valence-electron chi connectivity index (χ4n) is 3.78. The second-order valence-electron chi connectivity index (χ2n) is 6.41. The number of likely N-dealkylation sites (tertiary alicyclic amines) is 1. The Hall–Kier alpha value is -1.88. The zero-order valence-corrected chi connectivity index (χ0v) is 14.2. The predicted molar refractivity (Wildman–Crippen MR) is 91.1 cm³/mol. The molecule has 1 fully saturated rings. The van der Waals surface area contributed by atoms with Crippen molar-refractivity contribution >= 4 is 21.8 Å². The van der Waals surface area contributed by atoms with Crippen LogP contribution in [0.3, 0.4) is 0 Å². The molecule has 2 aliphatic heterocycles. The van der Waals surface area contributed by atoms with Crippen LogP contribution in [0.2, 0.25) is 0 Å². The molecule has 118 valence electrons. The van der Waals surface area contributed by atoms with Gasteiger partial charge in [0.05, 0.1) is 5.92 Å². The van der Waals surface area contributed by atoms with Crippen LogP contribution in [-0.2, 0) is 17.9 Å². The van der Waals surface area contributed by atoms with Gasteiger partial charge in [-0.25, -0.2) is 0 Å². The molecule has 1 saturated heterocycles. The Morgan fingerprint density at radius 1 is 1.09 bits per heavy atom. The summed E-state index contributed by atoms with van der Waals surface area (Å²) in [4.78, 5) is 27.1. The van der Waals surface area contributed by atoms with E-state index in [4.69, 9.17) is 0 Å². The van der Waals surface area contributed by atoms with Gasteiger partial charge in [0.1, 0.15) is 0 Å². The third-order valence-electron chi connectivity index (χ3n) is 4.80. The summed E-state index contributed by atoms with van der Waals surface area (Å²) in [6.45, 7) is 2.08. The molecule has 2 aromatic rings. The number of hydrogen-bond acceptors (Lipinski definition) is 2. The third-order valence-corrected chi connectivity index (χ3v) is 5.25. The number of halogens is 1. The molecule has 0 saturated carbocycles. The van der Waals surface area contributed by atoms with Gasteiger partial charge in [0, 0.05) is 35.9 Å². The lowest BCUT2D eigenvalue weighted by Gasteiger charge is -2.42. The van der Waals surface area contributed by atoms with Crippen LogP contribution in [0.4, 0.5) is 0 Å². The van der Waals surface area contributed by atoms with E-state index in [1.165, 1.54) is 0 Å². The maximum atomic E-state index is 12.9. The third kappa shape index (κ3) is 2.63. The molecule has 1 amide bonds. The zero-order valence-electron chi connectivity index (χ0n) is 12.6. The van der Waals surface area contributed by atoms with Crippen LogP contribution in [0.25, 0.3) is 0 Å². The summed E-state index contributed by atoms with van der Waals surface area (Å²) >= 11 is 3.38. The van der Waals surface area contributed by atoms with Crippen molar-refractivity contribution in [2.75, 3.05) is 6.54 Å². The highest BCUT2D eigenvalue weighted by Gasteiger charge is 2.40. The summed E-state index contributed by atoms with van der Waals surface area (Å²) in [6.07, 6.45) is 0.847. The number of pyridine rings is 1. The van der Waals surface area contributed by atoms with E-state index >= 15 is 0 Å². The van der Waals surface area contributed by atoms with E-state index < -0.39 is 0 Å². The summed E-state index contributed by atoms with van der Waals surface area (Å²) in [5.41, 5.74) is 1.98. The lowest BCUT2D eigenvalue weighted by Crippen LogP contribution is -2.50. The molecule has 1 unspecified atom stereocenters. The number of nitrogens with zero attached hydrogens (tertiary/aromatic N) is 2. The Morgan fingerprint density at radius 2 is 1.87 bits per heavy atom. The van der Waals surface area contributed by atoms with Gasteiger partial charge in [-0.1, -0.05) is 46.3 Å². The monoisotopic (exact) mass is 372 g/mol. The Labute approximate surface area is 142 Å². The summed E-state index contributed by atoms with van der Waals surface area (Å²) in [5, 5.41) is 0. The highest BCUT2D eigenvalue weighted by Crippen LogP contribution is 2.37. The lowest BCUT2D eigenvalue weighted by molar-refractivity contribution is -0.139. The van der Waals surface area contributed by atoms with E-state index in [0.29, 0.717) is 19.0 Å². The van der Waals surface area contributed by atoms with E-state index in [0.717, 1.165) is 28.7 Å². The van der Waals surface area contributed by atoms with E-state index in [9.17, 15) is 9.59 Å². The molecule has 5 heteroatoms. The average molecular weight is 373 g/mol. The minimum absolute atomic E-state index is 0.0200. The van der Waals surface area contributed by atoms with Crippen molar-refractivity contribution in [1.82, 2.24) is 9.47 Å². The van der Waals surface area contributed by atoms with Crippen molar-refractivity contribution < 1.29 is 4.79 Å². The minimum atomic E-state index is -0.198. The van der Waals surface area contributed by atoms with Crippen molar-refractivity contribution in [2.24, 2.45) is 5.92 Å². The quantitative estimate of drug-likeness (QED) is 0.813. The van der Waals surface area contributed by atoms with Gasteiger partial charge >= 0.3 is 0 Å². The van der Waals surface area contributed by atoms with Gasteiger partial charge in [0.15, 0.2) is 0 Å². The smallest absolute Gasteiger partial charge is 0.251 e. The van der Waals surface area contributed by atoms with Crippen molar-refractivity contribution in [3.8, 4) is 0 Å². The maximum absolute atomic E-state index is 12.9. The standard InChI is InChI=1S/C18H17BrN2O2/c19-14-7-16-15-6-13(11-21(16)17(22)8-14)10-20(18(15)23)9-12-4-2-1-3-5-12/h1-5,7-8,13,15H,6,9-11H2/t13?,15-/m0/s1. The lowest BCUT2D eigenvalue weighted by atomic mass is 9.82. The molecule has 1 aromatic heterocycles. The van der Waals surface area contributed by atoms with Gasteiger partial charge < -0.3 is 9.47 Å². The molecular weight excluding hydrogens is 356 g/mol. The number of piperidine rings is 1.